The minimum atomic E-state index is 1.25. The monoisotopic (exact) mass is 142 g/mol. The highest BCUT2D eigenvalue weighted by molar-refractivity contribution is 7.09. The smallest absolute Gasteiger partial charge is 0.00141 e. The summed E-state index contributed by atoms with van der Waals surface area (Å²) >= 11 is 1.78. The van der Waals surface area contributed by atoms with Crippen LogP contribution in [-0.2, 0) is 0 Å². The largest absolute Gasteiger partial charge is 0.149 e. The van der Waals surface area contributed by atoms with Crippen molar-refractivity contribution in [3.8, 4) is 0 Å². The molecule has 0 aliphatic heterocycles. The molecule has 0 spiro atoms. The number of rotatable bonds is 0. The Labute approximate surface area is 61.5 Å². The van der Waals surface area contributed by atoms with Gasteiger partial charge in [-0.25, -0.2) is 0 Å². The van der Waals surface area contributed by atoms with Crippen molar-refractivity contribution in [2.24, 2.45) is 0 Å². The lowest BCUT2D eigenvalue weighted by Gasteiger charge is -1.65. The molecule has 1 heteroatoms. The fourth-order valence-electron chi connectivity index (χ4n) is 0.361. The molecule has 0 saturated heterocycles. The number of hydrogen-bond donors (Lipinski definition) is 0. The van der Waals surface area contributed by atoms with Crippen LogP contribution in [0.25, 0.3) is 0 Å². The maximum absolute atomic E-state index is 2.12. The van der Waals surface area contributed by atoms with Crippen molar-refractivity contribution in [3.63, 3.8) is 0 Å². The van der Waals surface area contributed by atoms with Gasteiger partial charge in [-0.15, -0.1) is 11.3 Å². The van der Waals surface area contributed by atoms with E-state index in [0.29, 0.717) is 0 Å². The van der Waals surface area contributed by atoms with Crippen molar-refractivity contribution in [1.82, 2.24) is 0 Å². The fraction of sp³-hybridized carbons (Fsp3) is 0.500. The van der Waals surface area contributed by atoms with Crippen LogP contribution < -0.4 is 0 Å². The van der Waals surface area contributed by atoms with Gasteiger partial charge in [-0.3, -0.25) is 0 Å². The maximum atomic E-state index is 2.12. The van der Waals surface area contributed by atoms with Crippen molar-refractivity contribution in [1.29, 1.82) is 0 Å². The van der Waals surface area contributed by atoms with E-state index in [9.17, 15) is 0 Å². The molecule has 0 saturated carbocycles. The predicted octanol–water partition coefficient (Wildman–Crippen LogP) is 3.47. The topological polar surface area (TPSA) is 0 Å². The van der Waals surface area contributed by atoms with Crippen molar-refractivity contribution < 1.29 is 0 Å². The molecule has 0 unspecified atom stereocenters. The average Bonchev–Trinajstić information content (AvgIpc) is 2.20. The molecule has 0 radical (unpaired) electrons. The first-order valence-electron chi connectivity index (χ1n) is 3.31. The lowest BCUT2D eigenvalue weighted by Crippen LogP contribution is -1.42. The number of thiophene rings is 1. The Hall–Kier alpha value is -0.300. The first-order chi connectivity index (χ1) is 4.31. The zero-order chi connectivity index (χ0) is 7.11. The van der Waals surface area contributed by atoms with Crippen LogP contribution in [0.3, 0.4) is 0 Å². The Balaban J connectivity index is 0.000000187. The lowest BCUT2D eigenvalue weighted by atomic mass is 10.5. The molecular formula is C8H14S. The molecule has 9 heavy (non-hydrogen) atoms. The molecule has 0 aliphatic carbocycles. The summed E-state index contributed by atoms with van der Waals surface area (Å²) in [4.78, 5) is 1.38. The second kappa shape index (κ2) is 5.83. The Bertz CT molecular complexity index is 119. The molecule has 0 fully saturated rings. The minimum absolute atomic E-state index is 1.25. The highest BCUT2D eigenvalue weighted by atomic mass is 32.1. The first kappa shape index (κ1) is 8.70. The molecule has 52 valence electrons. The number of aryl methyl sites for hydroxylation is 1. The van der Waals surface area contributed by atoms with E-state index in [1.165, 1.54) is 11.3 Å². The standard InChI is InChI=1S/C5H6S.C3H8/c1-5-3-2-4-6-5;1-3-2/h2-4H,1H3;3H2,1-2H3. The summed E-state index contributed by atoms with van der Waals surface area (Å²) in [5.74, 6) is 0. The summed E-state index contributed by atoms with van der Waals surface area (Å²) < 4.78 is 0. The molecular weight excluding hydrogens is 128 g/mol. The van der Waals surface area contributed by atoms with E-state index in [1.54, 1.807) is 11.3 Å². The molecule has 0 bridgehead atoms. The van der Waals surface area contributed by atoms with Crippen molar-refractivity contribution in [2.75, 3.05) is 0 Å². The molecule has 0 N–H and O–H groups in total. The van der Waals surface area contributed by atoms with Crippen molar-refractivity contribution in [3.05, 3.63) is 22.4 Å². The molecule has 0 atom stereocenters. The summed E-state index contributed by atoms with van der Waals surface area (Å²) in [5, 5.41) is 2.08. The van der Waals surface area contributed by atoms with Crippen LogP contribution in [0, 0.1) is 6.92 Å². The van der Waals surface area contributed by atoms with E-state index in [-0.39, 0.29) is 0 Å². The second-order valence-electron chi connectivity index (χ2n) is 1.93. The number of hydrogen-bond acceptors (Lipinski definition) is 1. The summed E-state index contributed by atoms with van der Waals surface area (Å²) in [6.45, 7) is 6.35. The predicted molar refractivity (Wildman–Crippen MR) is 45.0 cm³/mol. The van der Waals surface area contributed by atoms with Crippen LogP contribution in [0.1, 0.15) is 25.1 Å². The molecule has 1 rings (SSSR count). The quantitative estimate of drug-likeness (QED) is 0.520. The zero-order valence-corrected chi connectivity index (χ0v) is 7.16. The summed E-state index contributed by atoms with van der Waals surface area (Å²) in [7, 11) is 0. The third-order valence-corrected chi connectivity index (χ3v) is 1.46. The maximum Gasteiger partial charge on any atom is 0.00141 e. The Morgan fingerprint density at radius 1 is 1.44 bits per heavy atom. The molecule has 1 heterocycles. The van der Waals surface area contributed by atoms with Gasteiger partial charge in [-0.05, 0) is 18.4 Å². The molecule has 1 aromatic heterocycles. The Morgan fingerprint density at radius 3 is 2.11 bits per heavy atom. The van der Waals surface area contributed by atoms with E-state index in [4.69, 9.17) is 0 Å². The highest BCUT2D eigenvalue weighted by Gasteiger charge is 1.74. The van der Waals surface area contributed by atoms with Gasteiger partial charge >= 0.3 is 0 Å². The van der Waals surface area contributed by atoms with E-state index >= 15 is 0 Å². The third kappa shape index (κ3) is 5.57. The third-order valence-electron chi connectivity index (χ3n) is 0.663. The van der Waals surface area contributed by atoms with E-state index in [1.807, 2.05) is 0 Å². The molecule has 0 amide bonds. The fourth-order valence-corrected chi connectivity index (χ4v) is 0.890. The van der Waals surface area contributed by atoms with Gasteiger partial charge in [-0.2, -0.15) is 0 Å². The summed E-state index contributed by atoms with van der Waals surface area (Å²) in [5.41, 5.74) is 0. The van der Waals surface area contributed by atoms with Crippen LogP contribution in [0.4, 0.5) is 0 Å². The van der Waals surface area contributed by atoms with Gasteiger partial charge < -0.3 is 0 Å². The van der Waals surface area contributed by atoms with E-state index in [0.717, 1.165) is 0 Å². The lowest BCUT2D eigenvalue weighted by molar-refractivity contribution is 1.09. The van der Waals surface area contributed by atoms with Gasteiger partial charge in [0.05, 0.1) is 0 Å². The minimum Gasteiger partial charge on any atom is -0.149 e. The van der Waals surface area contributed by atoms with Gasteiger partial charge in [0.2, 0.25) is 0 Å². The van der Waals surface area contributed by atoms with Crippen LogP contribution in [-0.4, -0.2) is 0 Å². The molecule has 0 nitrogen and oxygen atoms in total. The highest BCUT2D eigenvalue weighted by Crippen LogP contribution is 2.03. The summed E-state index contributed by atoms with van der Waals surface area (Å²) in [6, 6.07) is 4.16. The van der Waals surface area contributed by atoms with Crippen LogP contribution in [0.5, 0.6) is 0 Å². The average molecular weight is 142 g/mol. The van der Waals surface area contributed by atoms with Gasteiger partial charge in [0.15, 0.2) is 0 Å². The van der Waals surface area contributed by atoms with Crippen LogP contribution in [0.2, 0.25) is 0 Å². The van der Waals surface area contributed by atoms with Crippen LogP contribution >= 0.6 is 11.3 Å². The normalized spacial score (nSPS) is 7.89. The van der Waals surface area contributed by atoms with Gasteiger partial charge in [-0.1, -0.05) is 26.3 Å². The van der Waals surface area contributed by atoms with Crippen LogP contribution in [0.15, 0.2) is 17.5 Å². The Morgan fingerprint density at radius 2 is 2.00 bits per heavy atom. The van der Waals surface area contributed by atoms with Crippen molar-refractivity contribution in [2.45, 2.75) is 27.2 Å². The summed E-state index contributed by atoms with van der Waals surface area (Å²) in [6.07, 6.45) is 1.25. The van der Waals surface area contributed by atoms with Crippen molar-refractivity contribution >= 4 is 11.3 Å². The van der Waals surface area contributed by atoms with Gasteiger partial charge in [0.25, 0.3) is 0 Å². The zero-order valence-electron chi connectivity index (χ0n) is 6.35. The van der Waals surface area contributed by atoms with Gasteiger partial charge in [0, 0.05) is 4.88 Å². The van der Waals surface area contributed by atoms with E-state index < -0.39 is 0 Å². The SMILES string of the molecule is CCC.Cc1cccs1. The molecule has 0 aliphatic rings. The Kier molecular flexibility index (Phi) is 5.64. The second-order valence-corrected chi connectivity index (χ2v) is 3.08. The van der Waals surface area contributed by atoms with E-state index in [2.05, 4.69) is 38.3 Å². The molecule has 1 aromatic rings. The van der Waals surface area contributed by atoms with Gasteiger partial charge in [0.1, 0.15) is 0 Å². The molecule has 0 aromatic carbocycles. The first-order valence-corrected chi connectivity index (χ1v) is 4.19.